The highest BCUT2D eigenvalue weighted by molar-refractivity contribution is 5.92. The molecule has 1 rings (SSSR count). The number of carbonyl (C=O) groups excluding carboxylic acids is 3. The number of unbranched alkanes of at least 4 members (excludes halogenated alkanes) is 3. The Morgan fingerprint density at radius 3 is 2.56 bits per heavy atom. The Morgan fingerprint density at radius 1 is 1.26 bits per heavy atom. The molecule has 0 radical (unpaired) electrons. The first kappa shape index (κ1) is 23.4. The van der Waals surface area contributed by atoms with Crippen LogP contribution in [-0.2, 0) is 14.3 Å². The van der Waals surface area contributed by atoms with Crippen molar-refractivity contribution in [3.05, 3.63) is 0 Å². The first-order chi connectivity index (χ1) is 12.7. The van der Waals surface area contributed by atoms with Crippen molar-refractivity contribution in [1.29, 1.82) is 0 Å². The molecule has 156 valence electrons. The molecule has 27 heavy (non-hydrogen) atoms. The number of hydrogen-bond donors (Lipinski definition) is 3. The zero-order chi connectivity index (χ0) is 20.4. The molecule has 2 amide bonds. The topological polar surface area (TPSA) is 108 Å². The van der Waals surface area contributed by atoms with Gasteiger partial charge in [-0.1, -0.05) is 32.6 Å². The molecule has 1 aliphatic rings. The van der Waals surface area contributed by atoms with Crippen LogP contribution < -0.4 is 10.8 Å². The smallest absolute Gasteiger partial charge is 0.410 e. The Balaban J connectivity index is 2.86. The minimum absolute atomic E-state index is 0.0832. The normalized spacial score (nSPS) is 18.7. The van der Waals surface area contributed by atoms with Crippen LogP contribution in [0.4, 0.5) is 4.79 Å². The van der Waals surface area contributed by atoms with E-state index in [1.165, 1.54) is 4.90 Å². The minimum atomic E-state index is -0.670. The SMILES string of the molecule is CCCCCC[C@H](CC(=O)NO)C(=O)[C@@H]1CNCCN1C(=O)OC(C)(C)C. The van der Waals surface area contributed by atoms with Crippen molar-refractivity contribution in [3.8, 4) is 0 Å². The Bertz CT molecular complexity index is 504. The fourth-order valence-electron chi connectivity index (χ4n) is 3.20. The summed E-state index contributed by atoms with van der Waals surface area (Å²) in [4.78, 5) is 38.8. The lowest BCUT2D eigenvalue weighted by Crippen LogP contribution is -2.59. The molecule has 8 nitrogen and oxygen atoms in total. The van der Waals surface area contributed by atoms with Crippen LogP contribution in [0, 0.1) is 5.92 Å². The molecule has 0 unspecified atom stereocenters. The molecule has 3 N–H and O–H groups in total. The second-order valence-electron chi connectivity index (χ2n) is 8.08. The van der Waals surface area contributed by atoms with Crippen molar-refractivity contribution in [1.82, 2.24) is 15.7 Å². The van der Waals surface area contributed by atoms with Gasteiger partial charge in [0.1, 0.15) is 11.6 Å². The third-order valence-electron chi connectivity index (χ3n) is 4.56. The molecule has 0 aliphatic carbocycles. The Kier molecular flexibility index (Phi) is 9.73. The minimum Gasteiger partial charge on any atom is -0.444 e. The molecule has 1 heterocycles. The van der Waals surface area contributed by atoms with Crippen LogP contribution in [0.2, 0.25) is 0 Å². The van der Waals surface area contributed by atoms with Gasteiger partial charge in [0.2, 0.25) is 5.91 Å². The van der Waals surface area contributed by atoms with E-state index in [1.54, 1.807) is 26.3 Å². The van der Waals surface area contributed by atoms with Gasteiger partial charge in [0, 0.05) is 32.0 Å². The number of piperazine rings is 1. The fraction of sp³-hybridized carbons (Fsp3) is 0.842. The molecule has 0 spiro atoms. The first-order valence-electron chi connectivity index (χ1n) is 9.86. The molecular formula is C19H35N3O5. The predicted octanol–water partition coefficient (Wildman–Crippen LogP) is 2.25. The maximum atomic E-state index is 13.1. The van der Waals surface area contributed by atoms with Crippen molar-refractivity contribution in [2.75, 3.05) is 19.6 Å². The van der Waals surface area contributed by atoms with Gasteiger partial charge < -0.3 is 10.1 Å². The largest absolute Gasteiger partial charge is 0.444 e. The molecule has 1 fully saturated rings. The zero-order valence-corrected chi connectivity index (χ0v) is 17.0. The van der Waals surface area contributed by atoms with E-state index >= 15 is 0 Å². The Morgan fingerprint density at radius 2 is 1.96 bits per heavy atom. The molecule has 0 saturated carbocycles. The van der Waals surface area contributed by atoms with E-state index in [2.05, 4.69) is 12.2 Å². The summed E-state index contributed by atoms with van der Waals surface area (Å²) in [6.07, 6.45) is 3.93. The highest BCUT2D eigenvalue weighted by atomic mass is 16.6. The van der Waals surface area contributed by atoms with Crippen LogP contribution in [0.1, 0.15) is 66.2 Å². The predicted molar refractivity (Wildman–Crippen MR) is 101 cm³/mol. The average molecular weight is 386 g/mol. The second kappa shape index (κ2) is 11.2. The Hall–Kier alpha value is -1.67. The van der Waals surface area contributed by atoms with Gasteiger partial charge in [-0.05, 0) is 27.2 Å². The maximum Gasteiger partial charge on any atom is 0.410 e. The molecule has 0 aromatic carbocycles. The van der Waals surface area contributed by atoms with Gasteiger partial charge in [-0.25, -0.2) is 10.3 Å². The first-order valence-corrected chi connectivity index (χ1v) is 9.86. The highest BCUT2D eigenvalue weighted by Crippen LogP contribution is 2.22. The van der Waals surface area contributed by atoms with Crippen LogP contribution in [0.5, 0.6) is 0 Å². The van der Waals surface area contributed by atoms with Gasteiger partial charge in [0.05, 0.1) is 0 Å². The third kappa shape index (κ3) is 8.26. The summed E-state index contributed by atoms with van der Waals surface area (Å²) in [6.45, 7) is 8.75. The van der Waals surface area contributed by atoms with Crippen molar-refractivity contribution in [3.63, 3.8) is 0 Å². The quantitative estimate of drug-likeness (QED) is 0.319. The van der Waals surface area contributed by atoms with Gasteiger partial charge >= 0.3 is 6.09 Å². The van der Waals surface area contributed by atoms with Crippen molar-refractivity contribution in [2.24, 2.45) is 5.92 Å². The van der Waals surface area contributed by atoms with E-state index in [1.807, 2.05) is 0 Å². The van der Waals surface area contributed by atoms with Crippen LogP contribution in [0.3, 0.4) is 0 Å². The van der Waals surface area contributed by atoms with Crippen LogP contribution >= 0.6 is 0 Å². The lowest BCUT2D eigenvalue weighted by atomic mass is 9.88. The van der Waals surface area contributed by atoms with Crippen molar-refractivity contribution < 1.29 is 24.3 Å². The van der Waals surface area contributed by atoms with E-state index in [9.17, 15) is 14.4 Å². The Labute approximate surface area is 162 Å². The molecule has 2 atom stereocenters. The van der Waals surface area contributed by atoms with Crippen LogP contribution in [-0.4, -0.2) is 59.2 Å². The van der Waals surface area contributed by atoms with Gasteiger partial charge in [-0.2, -0.15) is 0 Å². The van der Waals surface area contributed by atoms with E-state index in [4.69, 9.17) is 9.94 Å². The van der Waals surface area contributed by atoms with E-state index in [0.717, 1.165) is 25.7 Å². The van der Waals surface area contributed by atoms with Crippen LogP contribution in [0.25, 0.3) is 0 Å². The number of nitrogens with zero attached hydrogens (tertiary/aromatic N) is 1. The zero-order valence-electron chi connectivity index (χ0n) is 17.0. The number of hydroxylamine groups is 1. The molecule has 0 aromatic rings. The molecule has 8 heteroatoms. The molecule has 1 aliphatic heterocycles. The summed E-state index contributed by atoms with van der Waals surface area (Å²) in [5, 5.41) is 12.0. The number of carbonyl (C=O) groups is 3. The maximum absolute atomic E-state index is 13.1. The summed E-state index contributed by atoms with van der Waals surface area (Å²) in [7, 11) is 0. The number of ketones is 1. The van der Waals surface area contributed by atoms with Gasteiger partial charge in [0.25, 0.3) is 0 Å². The molecular weight excluding hydrogens is 350 g/mol. The number of Topliss-reactive ketones (excluding diaryl/α,β-unsaturated/α-hetero) is 1. The van der Waals surface area contributed by atoms with Crippen molar-refractivity contribution >= 4 is 17.8 Å². The third-order valence-corrected chi connectivity index (χ3v) is 4.56. The molecule has 0 bridgehead atoms. The monoisotopic (exact) mass is 385 g/mol. The summed E-state index contributed by atoms with van der Waals surface area (Å²) in [5.41, 5.74) is 0.961. The number of ether oxygens (including phenoxy) is 1. The van der Waals surface area contributed by atoms with Crippen LogP contribution in [0.15, 0.2) is 0 Å². The lowest BCUT2D eigenvalue weighted by molar-refractivity contribution is -0.136. The second-order valence-corrected chi connectivity index (χ2v) is 8.08. The van der Waals surface area contributed by atoms with E-state index in [-0.39, 0.29) is 12.2 Å². The van der Waals surface area contributed by atoms with Gasteiger partial charge in [-0.3, -0.25) is 19.7 Å². The summed E-state index contributed by atoms with van der Waals surface area (Å²) < 4.78 is 5.44. The summed E-state index contributed by atoms with van der Waals surface area (Å²) >= 11 is 0. The summed E-state index contributed by atoms with van der Waals surface area (Å²) in [5.74, 6) is -1.28. The summed E-state index contributed by atoms with van der Waals surface area (Å²) in [6, 6.07) is -0.670. The number of hydrogen-bond acceptors (Lipinski definition) is 6. The van der Waals surface area contributed by atoms with Crippen molar-refractivity contribution in [2.45, 2.75) is 77.9 Å². The molecule has 1 saturated heterocycles. The van der Waals surface area contributed by atoms with E-state index in [0.29, 0.717) is 26.1 Å². The standard InChI is InChI=1S/C19H35N3O5/c1-5-6-7-8-9-14(12-16(23)21-26)17(24)15-13-20-10-11-22(15)18(25)27-19(2,3)4/h14-15,20,26H,5-13H2,1-4H3,(H,21,23)/t14-,15+/m1/s1. The lowest BCUT2D eigenvalue weighted by Gasteiger charge is -2.37. The fourth-order valence-corrected chi connectivity index (χ4v) is 3.20. The van der Waals surface area contributed by atoms with Gasteiger partial charge in [0.15, 0.2) is 5.78 Å². The number of rotatable bonds is 9. The van der Waals surface area contributed by atoms with E-state index < -0.39 is 29.6 Å². The average Bonchev–Trinajstić information content (AvgIpc) is 2.62. The molecule has 0 aromatic heterocycles. The highest BCUT2D eigenvalue weighted by Gasteiger charge is 2.38. The van der Waals surface area contributed by atoms with Gasteiger partial charge in [-0.15, -0.1) is 0 Å². The number of amides is 2. The number of nitrogens with one attached hydrogen (secondary N) is 2.